The molecule has 0 saturated carbocycles. The molecule has 5 aromatic rings. The van der Waals surface area contributed by atoms with Gasteiger partial charge in [0.1, 0.15) is 28.7 Å². The van der Waals surface area contributed by atoms with Crippen LogP contribution in [0.3, 0.4) is 0 Å². The zero-order valence-corrected chi connectivity index (χ0v) is 32.1. The van der Waals surface area contributed by atoms with Gasteiger partial charge in [-0.3, -0.25) is 24.6 Å². The minimum atomic E-state index is -1.59. The van der Waals surface area contributed by atoms with Crippen molar-refractivity contribution in [2.24, 2.45) is 9.98 Å². The monoisotopic (exact) mass is 762 g/mol. The van der Waals surface area contributed by atoms with Gasteiger partial charge in [0, 0.05) is 83.7 Å². The number of rotatable bonds is 12. The maximum atomic E-state index is 16.1. The summed E-state index contributed by atoms with van der Waals surface area (Å²) in [6.45, 7) is 8.10. The number of halogens is 3. The Morgan fingerprint density at radius 1 is 1.00 bits per heavy atom. The number of ether oxygens (including phenoxy) is 1. The molecule has 290 valence electrons. The van der Waals surface area contributed by atoms with E-state index in [1.165, 1.54) is 26.0 Å². The van der Waals surface area contributed by atoms with Crippen molar-refractivity contribution in [1.82, 2.24) is 24.8 Å². The summed E-state index contributed by atoms with van der Waals surface area (Å²) in [5, 5.41) is 1.01. The maximum Gasteiger partial charge on any atom is 0.228 e. The highest BCUT2D eigenvalue weighted by Gasteiger charge is 2.41. The Kier molecular flexibility index (Phi) is 10.2. The quantitative estimate of drug-likeness (QED) is 0.129. The van der Waals surface area contributed by atoms with Gasteiger partial charge >= 0.3 is 0 Å². The fourth-order valence-corrected chi connectivity index (χ4v) is 8.18. The molecule has 0 unspecified atom stereocenters. The van der Waals surface area contributed by atoms with Crippen LogP contribution >= 0.6 is 0 Å². The van der Waals surface area contributed by atoms with Gasteiger partial charge in [-0.15, -0.1) is 0 Å². The number of amides is 1. The molecule has 1 N–H and O–H groups in total. The van der Waals surface area contributed by atoms with E-state index in [4.69, 9.17) is 9.72 Å². The number of H-pyrrole nitrogens is 1. The predicted octanol–water partition coefficient (Wildman–Crippen LogP) is 8.05. The number of carbonyl (C=O) groups excluding carboxylic acids is 1. The number of benzene rings is 2. The van der Waals surface area contributed by atoms with E-state index in [0.29, 0.717) is 80.3 Å². The van der Waals surface area contributed by atoms with Crippen molar-refractivity contribution >= 4 is 34.7 Å². The maximum absolute atomic E-state index is 16.1. The summed E-state index contributed by atoms with van der Waals surface area (Å²) in [6.07, 6.45) is 6.99. The van der Waals surface area contributed by atoms with Crippen molar-refractivity contribution < 1.29 is 22.7 Å². The molecule has 0 bridgehead atoms. The summed E-state index contributed by atoms with van der Waals surface area (Å²) >= 11 is 0. The van der Waals surface area contributed by atoms with Gasteiger partial charge in [0.25, 0.3) is 0 Å². The van der Waals surface area contributed by atoms with Gasteiger partial charge in [0.2, 0.25) is 5.91 Å². The molecule has 13 heteroatoms. The number of para-hydroxylation sites is 1. The highest BCUT2D eigenvalue weighted by molar-refractivity contribution is 6.05. The summed E-state index contributed by atoms with van der Waals surface area (Å²) in [4.78, 5) is 42.9. The molecule has 6 heterocycles. The molecule has 0 aliphatic carbocycles. The molecule has 0 spiro atoms. The Morgan fingerprint density at radius 2 is 1.80 bits per heavy atom. The number of fused-ring (bicyclic) bond motifs is 4. The Balaban J connectivity index is 0.921. The molecule has 8 rings (SSSR count). The lowest BCUT2D eigenvalue weighted by Gasteiger charge is -2.43. The van der Waals surface area contributed by atoms with Gasteiger partial charge in [-0.25, -0.2) is 28.1 Å². The molecule has 56 heavy (non-hydrogen) atoms. The number of aryl methyl sites for hydroxylation is 2. The van der Waals surface area contributed by atoms with Crippen LogP contribution in [0.25, 0.3) is 22.2 Å². The van der Waals surface area contributed by atoms with Gasteiger partial charge in [-0.05, 0) is 77.1 Å². The Hall–Kier alpha value is -5.43. The second-order valence-corrected chi connectivity index (χ2v) is 15.5. The normalized spacial score (nSPS) is 18.4. The van der Waals surface area contributed by atoms with Crippen LogP contribution in [0.4, 0.5) is 19.0 Å². The van der Waals surface area contributed by atoms with Crippen molar-refractivity contribution in [3.63, 3.8) is 0 Å². The van der Waals surface area contributed by atoms with E-state index in [1.54, 1.807) is 17.3 Å². The Labute approximate surface area is 324 Å². The van der Waals surface area contributed by atoms with E-state index in [2.05, 4.69) is 24.9 Å². The molecule has 0 fully saturated rings. The number of carbonyl (C=O) groups is 1. The minimum absolute atomic E-state index is 0.00508. The first-order valence-electron chi connectivity index (χ1n) is 19.3. The van der Waals surface area contributed by atoms with E-state index in [0.717, 1.165) is 33.4 Å². The third kappa shape index (κ3) is 7.44. The number of hydrogen-bond donors (Lipinski definition) is 1. The average molecular weight is 763 g/mol. The van der Waals surface area contributed by atoms with Gasteiger partial charge in [0.15, 0.2) is 11.7 Å². The Bertz CT molecular complexity index is 2340. The van der Waals surface area contributed by atoms with Crippen LogP contribution in [0.2, 0.25) is 0 Å². The van der Waals surface area contributed by atoms with E-state index in [1.807, 2.05) is 55.1 Å². The van der Waals surface area contributed by atoms with Crippen LogP contribution in [-0.2, 0) is 17.6 Å². The van der Waals surface area contributed by atoms with Crippen LogP contribution in [0, 0.1) is 18.6 Å². The number of aromatic amines is 1. The first-order valence-corrected chi connectivity index (χ1v) is 19.3. The molecule has 0 radical (unpaired) electrons. The van der Waals surface area contributed by atoms with Gasteiger partial charge in [0.05, 0.1) is 36.8 Å². The molecule has 3 aliphatic rings. The first kappa shape index (κ1) is 37.5. The summed E-state index contributed by atoms with van der Waals surface area (Å²) < 4.78 is 53.2. The SMILES string of the molecule is Cc1nc(C2=NCC=N2)ccc1-c1cnc2c(n1)N(CCCCCOc1cc(F)c([C@@H]3c4[nH]c5ccccc5c4C[C@@H](C)N3CC(C)(C)F)c(F)c1)C(=O)CC2. The highest BCUT2D eigenvalue weighted by Crippen LogP contribution is 2.44. The van der Waals surface area contributed by atoms with Crippen molar-refractivity contribution in [1.29, 1.82) is 0 Å². The molecule has 2 atom stereocenters. The van der Waals surface area contributed by atoms with Crippen molar-refractivity contribution in [2.45, 2.75) is 84.0 Å². The summed E-state index contributed by atoms with van der Waals surface area (Å²) in [5.41, 5.74) is 4.54. The van der Waals surface area contributed by atoms with Crippen LogP contribution < -0.4 is 9.64 Å². The van der Waals surface area contributed by atoms with Crippen LogP contribution in [-0.4, -0.2) is 80.7 Å². The van der Waals surface area contributed by atoms with Crippen molar-refractivity contribution in [2.75, 3.05) is 31.1 Å². The lowest BCUT2D eigenvalue weighted by atomic mass is 9.87. The predicted molar refractivity (Wildman–Crippen MR) is 211 cm³/mol. The highest BCUT2D eigenvalue weighted by atomic mass is 19.1. The van der Waals surface area contributed by atoms with E-state index >= 15 is 13.2 Å². The second kappa shape index (κ2) is 15.2. The summed E-state index contributed by atoms with van der Waals surface area (Å²) in [6, 6.07) is 13.0. The second-order valence-electron chi connectivity index (χ2n) is 15.5. The third-order valence-electron chi connectivity index (χ3n) is 10.8. The summed E-state index contributed by atoms with van der Waals surface area (Å²) in [7, 11) is 0. The average Bonchev–Trinajstić information content (AvgIpc) is 3.83. The van der Waals surface area contributed by atoms with E-state index in [-0.39, 0.29) is 36.4 Å². The molecule has 3 aliphatic heterocycles. The van der Waals surface area contributed by atoms with Crippen LogP contribution in [0.1, 0.15) is 86.4 Å². The zero-order chi connectivity index (χ0) is 39.1. The molecule has 1 amide bonds. The Morgan fingerprint density at radius 3 is 2.55 bits per heavy atom. The standard InChI is InChI=1S/C43H45F3N8O2/c1-25-20-30-29-10-6-7-11-33(29)51-39(30)40(54(25)24-43(3,4)46)38-31(44)21-27(22-32(38)45)56-19-9-5-8-18-53-37(55)15-14-35-42(53)52-36(23-49-35)28-12-13-34(50-26(28)2)41-47-16-17-48-41/h6-7,10-13,16,21-23,25,40,51H,5,8-9,14-15,17-20,24H2,1-4H3/t25-,40-/m1/s1. The number of alkyl halides is 1. The molecular formula is C43H45F3N8O2. The number of nitrogens with zero attached hydrogens (tertiary/aromatic N) is 7. The van der Waals surface area contributed by atoms with E-state index < -0.39 is 23.3 Å². The fraction of sp³-hybridized carbons (Fsp3) is 0.395. The summed E-state index contributed by atoms with van der Waals surface area (Å²) in [5.74, 6) is -0.230. The van der Waals surface area contributed by atoms with Gasteiger partial charge < -0.3 is 9.72 Å². The molecule has 2 aromatic carbocycles. The number of anilines is 1. The first-order chi connectivity index (χ1) is 26.9. The lowest BCUT2D eigenvalue weighted by Crippen LogP contribution is -2.48. The minimum Gasteiger partial charge on any atom is -0.493 e. The lowest BCUT2D eigenvalue weighted by molar-refractivity contribution is -0.119. The molecule has 3 aromatic heterocycles. The number of hydrogen-bond acceptors (Lipinski definition) is 8. The third-order valence-corrected chi connectivity index (χ3v) is 10.8. The fourth-order valence-electron chi connectivity index (χ4n) is 8.18. The molecular weight excluding hydrogens is 718 g/mol. The van der Waals surface area contributed by atoms with Crippen LogP contribution in [0.5, 0.6) is 5.75 Å². The number of unbranched alkanes of at least 4 members (excludes halogenated alkanes) is 2. The largest absolute Gasteiger partial charge is 0.493 e. The molecule has 10 nitrogen and oxygen atoms in total. The number of pyridine rings is 1. The van der Waals surface area contributed by atoms with Crippen molar-refractivity contribution in [3.05, 3.63) is 100 Å². The van der Waals surface area contributed by atoms with Gasteiger partial charge in [-0.1, -0.05) is 18.2 Å². The smallest absolute Gasteiger partial charge is 0.228 e. The number of amidine groups is 1. The number of nitrogens with one attached hydrogen (secondary N) is 1. The number of aliphatic imine (C=N–C) groups is 2. The van der Waals surface area contributed by atoms with Crippen LogP contribution in [0.15, 0.2) is 64.7 Å². The molecule has 0 saturated heterocycles. The zero-order valence-electron chi connectivity index (χ0n) is 32.1. The van der Waals surface area contributed by atoms with Gasteiger partial charge in [-0.2, -0.15) is 0 Å². The van der Waals surface area contributed by atoms with E-state index in [9.17, 15) is 4.79 Å². The van der Waals surface area contributed by atoms with Crippen molar-refractivity contribution in [3.8, 4) is 17.0 Å². The topological polar surface area (TPSA) is 112 Å². The number of aromatic nitrogens is 4.